The van der Waals surface area contributed by atoms with Gasteiger partial charge in [-0.15, -0.1) is 11.3 Å². The van der Waals surface area contributed by atoms with Crippen LogP contribution in [0.1, 0.15) is 46.6 Å². The molecule has 1 amide bonds. The van der Waals surface area contributed by atoms with Crippen molar-refractivity contribution in [3.63, 3.8) is 0 Å². The minimum absolute atomic E-state index is 0.0929. The molecular weight excluding hydrogens is 384 g/mol. The first-order chi connectivity index (χ1) is 12.8. The van der Waals surface area contributed by atoms with Gasteiger partial charge in [0.1, 0.15) is 15.5 Å². The van der Waals surface area contributed by atoms with E-state index in [2.05, 4.69) is 5.32 Å². The quantitative estimate of drug-likeness (QED) is 0.795. The fourth-order valence-corrected chi connectivity index (χ4v) is 6.09. The van der Waals surface area contributed by atoms with Gasteiger partial charge in [-0.3, -0.25) is 4.79 Å². The van der Waals surface area contributed by atoms with Crippen LogP contribution in [0.5, 0.6) is 5.75 Å². The molecule has 8 heteroatoms. The highest BCUT2D eigenvalue weighted by Crippen LogP contribution is 2.30. The first-order valence-corrected chi connectivity index (χ1v) is 11.2. The molecule has 1 aromatic heterocycles. The van der Waals surface area contributed by atoms with Crippen LogP contribution in [-0.2, 0) is 10.0 Å². The maximum absolute atomic E-state index is 12.9. The fraction of sp³-hybridized carbons (Fsp3) is 0.421. The Hall–Kier alpha value is -1.90. The summed E-state index contributed by atoms with van der Waals surface area (Å²) in [6, 6.07) is 6.96. The van der Waals surface area contributed by atoms with Crippen LogP contribution < -0.4 is 10.1 Å². The van der Waals surface area contributed by atoms with Gasteiger partial charge < -0.3 is 10.1 Å². The summed E-state index contributed by atoms with van der Waals surface area (Å²) in [7, 11) is -2.05. The summed E-state index contributed by atoms with van der Waals surface area (Å²) in [4.78, 5) is 13.1. The highest BCUT2D eigenvalue weighted by Gasteiger charge is 2.32. The van der Waals surface area contributed by atoms with Gasteiger partial charge in [0, 0.05) is 18.7 Å². The topological polar surface area (TPSA) is 75.7 Å². The van der Waals surface area contributed by atoms with E-state index in [9.17, 15) is 13.2 Å². The number of carbonyl (C=O) groups is 1. The van der Waals surface area contributed by atoms with E-state index in [0.29, 0.717) is 18.8 Å². The van der Waals surface area contributed by atoms with Gasteiger partial charge in [-0.1, -0.05) is 17.7 Å². The lowest BCUT2D eigenvalue weighted by Gasteiger charge is -2.19. The minimum atomic E-state index is -3.63. The lowest BCUT2D eigenvalue weighted by Crippen LogP contribution is -2.31. The summed E-state index contributed by atoms with van der Waals surface area (Å²) >= 11 is 1.14. The number of benzene rings is 1. The molecule has 146 valence electrons. The van der Waals surface area contributed by atoms with Gasteiger partial charge in [-0.25, -0.2) is 8.42 Å². The van der Waals surface area contributed by atoms with Gasteiger partial charge >= 0.3 is 0 Å². The zero-order valence-electron chi connectivity index (χ0n) is 15.7. The molecule has 1 aromatic carbocycles. The number of rotatable bonds is 6. The maximum atomic E-state index is 12.9. The number of thiophene rings is 1. The van der Waals surface area contributed by atoms with Crippen LogP contribution in [0, 0.1) is 6.92 Å². The van der Waals surface area contributed by atoms with Crippen LogP contribution in [-0.4, -0.2) is 38.8 Å². The Morgan fingerprint density at radius 1 is 1.26 bits per heavy atom. The van der Waals surface area contributed by atoms with Gasteiger partial charge in [0.2, 0.25) is 10.0 Å². The van der Waals surface area contributed by atoms with Crippen molar-refractivity contribution in [3.05, 3.63) is 45.6 Å². The van der Waals surface area contributed by atoms with Gasteiger partial charge in [-0.05, 0) is 44.2 Å². The van der Waals surface area contributed by atoms with E-state index in [-0.39, 0.29) is 21.7 Å². The van der Waals surface area contributed by atoms with Gasteiger partial charge in [0.25, 0.3) is 5.91 Å². The van der Waals surface area contributed by atoms with Crippen LogP contribution in [0.4, 0.5) is 0 Å². The van der Waals surface area contributed by atoms with Crippen LogP contribution >= 0.6 is 11.3 Å². The standard InChI is InChI=1S/C19H24N2O4S2/c1-13-6-7-16(25-3)15(12-13)14(2)20-19(22)18-17(8-11-26-18)27(23,24)21-9-4-5-10-21/h6-8,11-12,14H,4-5,9-10H2,1-3H3,(H,20,22). The van der Waals surface area contributed by atoms with E-state index in [0.717, 1.165) is 35.3 Å². The predicted octanol–water partition coefficient (Wildman–Crippen LogP) is 3.34. The summed E-state index contributed by atoms with van der Waals surface area (Å²) in [5.74, 6) is 0.295. The largest absolute Gasteiger partial charge is 0.496 e. The van der Waals surface area contributed by atoms with E-state index in [4.69, 9.17) is 4.74 Å². The van der Waals surface area contributed by atoms with Gasteiger partial charge in [-0.2, -0.15) is 4.31 Å². The van der Waals surface area contributed by atoms with Crippen molar-refractivity contribution in [1.82, 2.24) is 9.62 Å². The molecule has 1 aliphatic rings. The number of methoxy groups -OCH3 is 1. The third kappa shape index (κ3) is 4.02. The smallest absolute Gasteiger partial charge is 0.263 e. The van der Waals surface area contributed by atoms with Crippen molar-refractivity contribution < 1.29 is 17.9 Å². The van der Waals surface area contributed by atoms with E-state index in [1.54, 1.807) is 12.5 Å². The summed E-state index contributed by atoms with van der Waals surface area (Å²) in [5, 5.41) is 4.56. The van der Waals surface area contributed by atoms with Gasteiger partial charge in [0.15, 0.2) is 0 Å². The second-order valence-corrected chi connectivity index (χ2v) is 9.49. The van der Waals surface area contributed by atoms with Gasteiger partial charge in [0.05, 0.1) is 13.2 Å². The Morgan fingerprint density at radius 3 is 2.63 bits per heavy atom. The second kappa shape index (κ2) is 8.00. The van der Waals surface area contributed by atoms with E-state index >= 15 is 0 Å². The minimum Gasteiger partial charge on any atom is -0.496 e. The molecule has 0 bridgehead atoms. The first-order valence-electron chi connectivity index (χ1n) is 8.87. The average molecular weight is 409 g/mol. The number of nitrogens with zero attached hydrogens (tertiary/aromatic N) is 1. The number of hydrogen-bond acceptors (Lipinski definition) is 5. The Morgan fingerprint density at radius 2 is 1.96 bits per heavy atom. The zero-order chi connectivity index (χ0) is 19.6. The molecule has 1 atom stereocenters. The van der Waals surface area contributed by atoms with Crippen LogP contribution in [0.15, 0.2) is 34.5 Å². The normalized spacial score (nSPS) is 16.3. The number of amides is 1. The van der Waals surface area contributed by atoms with E-state index in [1.807, 2.05) is 32.0 Å². The molecular formula is C19H24N2O4S2. The fourth-order valence-electron chi connectivity index (χ4n) is 3.27. The van der Waals surface area contributed by atoms with Crippen LogP contribution in [0.25, 0.3) is 0 Å². The van der Waals surface area contributed by atoms with Crippen molar-refractivity contribution in [2.75, 3.05) is 20.2 Å². The molecule has 0 spiro atoms. The number of hydrogen-bond donors (Lipinski definition) is 1. The Bertz CT molecular complexity index is 931. The molecule has 2 heterocycles. The molecule has 1 N–H and O–H groups in total. The number of aryl methyl sites for hydroxylation is 1. The third-order valence-electron chi connectivity index (χ3n) is 4.72. The number of sulfonamides is 1. The summed E-state index contributed by atoms with van der Waals surface area (Å²) < 4.78 is 32.6. The van der Waals surface area contributed by atoms with Crippen molar-refractivity contribution in [2.45, 2.75) is 37.6 Å². The van der Waals surface area contributed by atoms with E-state index < -0.39 is 10.0 Å². The Kier molecular flexibility index (Phi) is 5.88. The number of carbonyl (C=O) groups excluding carboxylic acids is 1. The molecule has 1 fully saturated rings. The highest BCUT2D eigenvalue weighted by molar-refractivity contribution is 7.89. The number of ether oxygens (including phenoxy) is 1. The van der Waals surface area contributed by atoms with Crippen molar-refractivity contribution >= 4 is 27.3 Å². The van der Waals surface area contributed by atoms with Crippen LogP contribution in [0.2, 0.25) is 0 Å². The Balaban J connectivity index is 1.84. The van der Waals surface area contributed by atoms with Crippen molar-refractivity contribution in [2.24, 2.45) is 0 Å². The molecule has 2 aromatic rings. The van der Waals surface area contributed by atoms with Crippen LogP contribution in [0.3, 0.4) is 0 Å². The molecule has 1 saturated heterocycles. The zero-order valence-corrected chi connectivity index (χ0v) is 17.3. The molecule has 3 rings (SSSR count). The van der Waals surface area contributed by atoms with E-state index in [1.165, 1.54) is 10.4 Å². The van der Waals surface area contributed by atoms with Crippen molar-refractivity contribution in [1.29, 1.82) is 0 Å². The summed E-state index contributed by atoms with van der Waals surface area (Å²) in [6.07, 6.45) is 1.71. The SMILES string of the molecule is COc1ccc(C)cc1C(C)NC(=O)c1sccc1S(=O)(=O)N1CCCC1. The third-order valence-corrected chi connectivity index (χ3v) is 7.70. The second-order valence-electron chi connectivity index (χ2n) is 6.67. The monoisotopic (exact) mass is 408 g/mol. The Labute approximate surface area is 164 Å². The number of nitrogens with one attached hydrogen (secondary N) is 1. The highest BCUT2D eigenvalue weighted by atomic mass is 32.2. The average Bonchev–Trinajstić information content (AvgIpc) is 3.33. The molecule has 27 heavy (non-hydrogen) atoms. The van der Waals surface area contributed by atoms with Crippen molar-refractivity contribution in [3.8, 4) is 5.75 Å². The molecule has 1 aliphatic heterocycles. The maximum Gasteiger partial charge on any atom is 0.263 e. The molecule has 1 unspecified atom stereocenters. The molecule has 6 nitrogen and oxygen atoms in total. The molecule has 0 radical (unpaired) electrons. The summed E-state index contributed by atoms with van der Waals surface area (Å²) in [5.41, 5.74) is 1.91. The predicted molar refractivity (Wildman–Crippen MR) is 106 cm³/mol. The molecule has 0 saturated carbocycles. The molecule has 0 aliphatic carbocycles. The lowest BCUT2D eigenvalue weighted by molar-refractivity contribution is 0.0940. The lowest BCUT2D eigenvalue weighted by atomic mass is 10.0. The summed E-state index contributed by atoms with van der Waals surface area (Å²) in [6.45, 7) is 4.85. The first kappa shape index (κ1) is 19.9.